The predicted octanol–water partition coefficient (Wildman–Crippen LogP) is 2.55. The molecule has 9 heteroatoms. The van der Waals surface area contributed by atoms with Crippen molar-refractivity contribution in [1.29, 1.82) is 0 Å². The standard InChI is InChI=1S/C17H23F2N5O2/c1-4-20-17(23-11-15-21-7-8-24(15)16(18)19)22-10-12-5-6-13(25-2)14(9-12)26-3/h5-9,16H,4,10-11H2,1-3H3,(H2,20,22,23). The Kier molecular flexibility index (Phi) is 7.19. The summed E-state index contributed by atoms with van der Waals surface area (Å²) in [5.74, 6) is 2.00. The van der Waals surface area contributed by atoms with Crippen molar-refractivity contribution in [2.45, 2.75) is 26.6 Å². The molecule has 1 aromatic heterocycles. The van der Waals surface area contributed by atoms with Crippen LogP contribution in [0.1, 0.15) is 24.9 Å². The van der Waals surface area contributed by atoms with E-state index in [1.165, 1.54) is 12.4 Å². The van der Waals surface area contributed by atoms with E-state index in [1.807, 2.05) is 25.1 Å². The number of nitrogens with one attached hydrogen (secondary N) is 2. The smallest absolute Gasteiger partial charge is 0.319 e. The molecule has 0 aliphatic carbocycles. The Morgan fingerprint density at radius 1 is 1.23 bits per heavy atom. The average Bonchev–Trinajstić information content (AvgIpc) is 3.12. The summed E-state index contributed by atoms with van der Waals surface area (Å²) < 4.78 is 37.0. The quantitative estimate of drug-likeness (QED) is 0.554. The van der Waals surface area contributed by atoms with Crippen molar-refractivity contribution in [2.75, 3.05) is 20.8 Å². The molecule has 0 aliphatic rings. The van der Waals surface area contributed by atoms with Crippen LogP contribution < -0.4 is 20.1 Å². The zero-order valence-electron chi connectivity index (χ0n) is 15.0. The lowest BCUT2D eigenvalue weighted by molar-refractivity contribution is 0.0668. The summed E-state index contributed by atoms with van der Waals surface area (Å²) >= 11 is 0. The van der Waals surface area contributed by atoms with E-state index in [9.17, 15) is 8.78 Å². The second kappa shape index (κ2) is 9.59. The van der Waals surface area contributed by atoms with Crippen LogP contribution in [-0.2, 0) is 13.1 Å². The van der Waals surface area contributed by atoms with Gasteiger partial charge in [-0.3, -0.25) is 4.57 Å². The Labute approximate surface area is 151 Å². The molecule has 0 fully saturated rings. The number of methoxy groups -OCH3 is 2. The van der Waals surface area contributed by atoms with Crippen molar-refractivity contribution in [3.8, 4) is 11.5 Å². The summed E-state index contributed by atoms with van der Waals surface area (Å²) in [4.78, 5) is 8.40. The number of rotatable bonds is 8. The van der Waals surface area contributed by atoms with E-state index in [0.29, 0.717) is 30.5 Å². The minimum Gasteiger partial charge on any atom is -0.493 e. The zero-order chi connectivity index (χ0) is 18.9. The first-order valence-corrected chi connectivity index (χ1v) is 8.12. The monoisotopic (exact) mass is 367 g/mol. The maximum atomic E-state index is 12.9. The third kappa shape index (κ3) is 5.08. The molecule has 0 spiro atoms. The van der Waals surface area contributed by atoms with Gasteiger partial charge in [0.2, 0.25) is 0 Å². The van der Waals surface area contributed by atoms with Crippen molar-refractivity contribution in [3.63, 3.8) is 0 Å². The van der Waals surface area contributed by atoms with Crippen molar-refractivity contribution in [2.24, 2.45) is 4.99 Å². The Hall–Kier alpha value is -2.84. The molecule has 0 aliphatic heterocycles. The predicted molar refractivity (Wildman–Crippen MR) is 94.7 cm³/mol. The van der Waals surface area contributed by atoms with E-state index in [2.05, 4.69) is 20.6 Å². The Morgan fingerprint density at radius 3 is 2.65 bits per heavy atom. The van der Waals surface area contributed by atoms with Crippen molar-refractivity contribution >= 4 is 5.96 Å². The van der Waals surface area contributed by atoms with Gasteiger partial charge in [-0.05, 0) is 24.6 Å². The van der Waals surface area contributed by atoms with Crippen LogP contribution in [0, 0.1) is 0 Å². The number of hydrogen-bond donors (Lipinski definition) is 2. The summed E-state index contributed by atoms with van der Waals surface area (Å²) in [6.45, 7) is 0.462. The van der Waals surface area contributed by atoms with Crippen LogP contribution in [-0.4, -0.2) is 36.3 Å². The highest BCUT2D eigenvalue weighted by molar-refractivity contribution is 5.79. The number of guanidine groups is 1. The molecular weight excluding hydrogens is 344 g/mol. The second-order valence-electron chi connectivity index (χ2n) is 5.27. The van der Waals surface area contributed by atoms with Crippen molar-refractivity contribution in [1.82, 2.24) is 20.2 Å². The molecule has 0 saturated heterocycles. The maximum absolute atomic E-state index is 12.9. The fourth-order valence-electron chi connectivity index (χ4n) is 2.31. The molecule has 2 aromatic rings. The number of benzene rings is 1. The molecular formula is C17H23F2N5O2. The largest absolute Gasteiger partial charge is 0.493 e. The number of aromatic nitrogens is 2. The molecule has 0 saturated carbocycles. The Morgan fingerprint density at radius 2 is 2.00 bits per heavy atom. The summed E-state index contributed by atoms with van der Waals surface area (Å²) in [5, 5.41) is 6.08. The van der Waals surface area contributed by atoms with Crippen LogP contribution in [0.3, 0.4) is 0 Å². The molecule has 7 nitrogen and oxygen atoms in total. The first-order chi connectivity index (χ1) is 12.6. The van der Waals surface area contributed by atoms with Gasteiger partial charge in [0, 0.05) is 18.9 Å². The van der Waals surface area contributed by atoms with E-state index in [-0.39, 0.29) is 12.4 Å². The van der Waals surface area contributed by atoms with Crippen LogP contribution in [0.4, 0.5) is 8.78 Å². The van der Waals surface area contributed by atoms with E-state index in [0.717, 1.165) is 10.1 Å². The number of imidazole rings is 1. The number of halogens is 2. The van der Waals surface area contributed by atoms with Crippen LogP contribution in [0.25, 0.3) is 0 Å². The van der Waals surface area contributed by atoms with Crippen LogP contribution in [0.2, 0.25) is 0 Å². The lowest BCUT2D eigenvalue weighted by atomic mass is 10.2. The van der Waals surface area contributed by atoms with E-state index >= 15 is 0 Å². The second-order valence-corrected chi connectivity index (χ2v) is 5.27. The summed E-state index contributed by atoms with van der Waals surface area (Å²) in [6.07, 6.45) is 2.59. The van der Waals surface area contributed by atoms with E-state index in [1.54, 1.807) is 14.2 Å². The molecule has 26 heavy (non-hydrogen) atoms. The van der Waals surface area contributed by atoms with Gasteiger partial charge in [-0.15, -0.1) is 0 Å². The zero-order valence-corrected chi connectivity index (χ0v) is 15.0. The van der Waals surface area contributed by atoms with Gasteiger partial charge in [0.05, 0.1) is 27.3 Å². The number of ether oxygens (including phenoxy) is 2. The summed E-state index contributed by atoms with van der Waals surface area (Å²) in [7, 11) is 3.15. The van der Waals surface area contributed by atoms with Gasteiger partial charge in [-0.25, -0.2) is 9.98 Å². The number of nitrogens with zero attached hydrogens (tertiary/aromatic N) is 3. The first-order valence-electron chi connectivity index (χ1n) is 8.12. The molecule has 0 unspecified atom stereocenters. The van der Waals surface area contributed by atoms with Gasteiger partial charge in [0.1, 0.15) is 5.82 Å². The van der Waals surface area contributed by atoms with Crippen LogP contribution in [0.15, 0.2) is 35.6 Å². The molecule has 0 amide bonds. The molecule has 1 aromatic carbocycles. The van der Waals surface area contributed by atoms with Gasteiger partial charge in [-0.1, -0.05) is 6.07 Å². The number of aliphatic imine (C=N–C) groups is 1. The molecule has 0 bridgehead atoms. The Bertz CT molecular complexity index is 734. The van der Waals surface area contributed by atoms with Crippen molar-refractivity contribution in [3.05, 3.63) is 42.0 Å². The van der Waals surface area contributed by atoms with E-state index < -0.39 is 6.55 Å². The molecule has 1 heterocycles. The van der Waals surface area contributed by atoms with Gasteiger partial charge >= 0.3 is 6.55 Å². The van der Waals surface area contributed by atoms with Crippen LogP contribution in [0.5, 0.6) is 11.5 Å². The highest BCUT2D eigenvalue weighted by Crippen LogP contribution is 2.27. The van der Waals surface area contributed by atoms with E-state index in [4.69, 9.17) is 9.47 Å². The lowest BCUT2D eigenvalue weighted by Crippen LogP contribution is -2.37. The molecule has 0 radical (unpaired) electrons. The SMILES string of the molecule is CCNC(=NCc1ccc(OC)c(OC)c1)NCc1nccn1C(F)F. The van der Waals surface area contributed by atoms with Gasteiger partial charge in [-0.2, -0.15) is 8.78 Å². The summed E-state index contributed by atoms with van der Waals surface area (Å²) in [5.41, 5.74) is 0.925. The normalized spacial score (nSPS) is 11.5. The number of hydrogen-bond acceptors (Lipinski definition) is 4. The highest BCUT2D eigenvalue weighted by atomic mass is 19.3. The van der Waals surface area contributed by atoms with Gasteiger partial charge < -0.3 is 20.1 Å². The third-order valence-electron chi connectivity index (χ3n) is 3.59. The lowest BCUT2D eigenvalue weighted by Gasteiger charge is -2.13. The van der Waals surface area contributed by atoms with Gasteiger partial charge in [0.15, 0.2) is 17.5 Å². The minimum absolute atomic E-state index is 0.134. The third-order valence-corrected chi connectivity index (χ3v) is 3.59. The highest BCUT2D eigenvalue weighted by Gasteiger charge is 2.11. The topological polar surface area (TPSA) is 72.7 Å². The maximum Gasteiger partial charge on any atom is 0.319 e. The summed E-state index contributed by atoms with van der Waals surface area (Å²) in [6, 6.07) is 5.54. The minimum atomic E-state index is -2.62. The van der Waals surface area contributed by atoms with Crippen molar-refractivity contribution < 1.29 is 18.3 Å². The average molecular weight is 367 g/mol. The first kappa shape index (κ1) is 19.5. The fourth-order valence-corrected chi connectivity index (χ4v) is 2.31. The Balaban J connectivity index is 2.05. The fraction of sp³-hybridized carbons (Fsp3) is 0.412. The molecule has 0 atom stereocenters. The molecule has 142 valence electrons. The van der Waals surface area contributed by atoms with Crippen LogP contribution >= 0.6 is 0 Å². The number of alkyl halides is 2. The van der Waals surface area contributed by atoms with Gasteiger partial charge in [0.25, 0.3) is 0 Å². The molecule has 2 N–H and O–H groups in total. The molecule has 2 rings (SSSR count).